The number of urea groups is 1. The highest BCUT2D eigenvalue weighted by molar-refractivity contribution is 5.99. The van der Waals surface area contributed by atoms with E-state index in [1.165, 1.54) is 12.1 Å². The number of nitrogens with zero attached hydrogens (tertiary/aromatic N) is 2. The van der Waals surface area contributed by atoms with Crippen molar-refractivity contribution >= 4 is 17.6 Å². The summed E-state index contributed by atoms with van der Waals surface area (Å²) in [6, 6.07) is 9.13. The molecule has 0 saturated heterocycles. The summed E-state index contributed by atoms with van der Waals surface area (Å²) in [4.78, 5) is 30.2. The van der Waals surface area contributed by atoms with Crippen molar-refractivity contribution in [3.05, 3.63) is 59.2 Å². The van der Waals surface area contributed by atoms with Gasteiger partial charge >= 0.3 is 12.2 Å². The van der Waals surface area contributed by atoms with Gasteiger partial charge in [-0.05, 0) is 89.9 Å². The van der Waals surface area contributed by atoms with Crippen molar-refractivity contribution in [3.8, 4) is 5.75 Å². The van der Waals surface area contributed by atoms with Crippen LogP contribution < -0.4 is 15.4 Å². The number of benzene rings is 2. The summed E-state index contributed by atoms with van der Waals surface area (Å²) in [7, 11) is 1.89. The molecule has 12 heteroatoms. The first-order valence-corrected chi connectivity index (χ1v) is 15.9. The topological polar surface area (TPSA) is 103 Å². The van der Waals surface area contributed by atoms with Gasteiger partial charge in [0.15, 0.2) is 0 Å². The lowest BCUT2D eigenvalue weighted by molar-refractivity contribution is -0.137. The molecule has 0 bridgehead atoms. The summed E-state index contributed by atoms with van der Waals surface area (Å²) in [6.07, 6.45) is -2.50. The lowest BCUT2D eigenvalue weighted by Crippen LogP contribution is -2.47. The van der Waals surface area contributed by atoms with Gasteiger partial charge in [0, 0.05) is 43.9 Å². The van der Waals surface area contributed by atoms with Crippen LogP contribution in [0.1, 0.15) is 75.4 Å². The van der Waals surface area contributed by atoms with Crippen molar-refractivity contribution in [2.45, 2.75) is 90.9 Å². The van der Waals surface area contributed by atoms with Gasteiger partial charge < -0.3 is 30.1 Å². The summed E-state index contributed by atoms with van der Waals surface area (Å²) in [5.41, 5.74) is 0.758. The Balaban J connectivity index is 1.87. The number of carbonyl (C=O) groups is 2. The number of nitrogens with one attached hydrogen (secondary N) is 2. The molecule has 9 nitrogen and oxygen atoms in total. The van der Waals surface area contributed by atoms with Crippen LogP contribution >= 0.6 is 0 Å². The quantitative estimate of drug-likeness (QED) is 0.316. The van der Waals surface area contributed by atoms with E-state index in [0.29, 0.717) is 31.1 Å². The molecule has 2 aromatic rings. The molecule has 0 unspecified atom stereocenters. The first kappa shape index (κ1) is 37.1. The van der Waals surface area contributed by atoms with Crippen LogP contribution in [0.15, 0.2) is 42.5 Å². The van der Waals surface area contributed by atoms with Crippen molar-refractivity contribution in [3.63, 3.8) is 0 Å². The SMILES string of the molecule is CC(C)NC(=O)Nc1ccc2c(c1)C(=O)N([C@H](C)CO)C[C@H](C)[C@@H](CN(C)Cc1ccc(C(F)(F)F)cc1)OCCCC[C@H](C)O2. The second-order valence-electron chi connectivity index (χ2n) is 12.7. The Kier molecular flexibility index (Phi) is 13.7. The third kappa shape index (κ3) is 11.2. The van der Waals surface area contributed by atoms with Crippen molar-refractivity contribution in [1.82, 2.24) is 15.1 Å². The molecule has 0 spiro atoms. The normalized spacial score (nSPS) is 20.9. The zero-order valence-electron chi connectivity index (χ0n) is 27.7. The molecule has 0 saturated carbocycles. The number of ether oxygens (including phenoxy) is 2. The van der Waals surface area contributed by atoms with E-state index in [1.54, 1.807) is 30.0 Å². The standard InChI is InChI=1S/C34H49F3N4O5/c1-22(2)38-33(44)39-28-14-15-30-29(17-28)32(43)41(24(4)21-42)18-23(3)31(45-16-8-7-9-25(5)46-30)20-40(6)19-26-10-12-27(13-11-26)34(35,36)37/h10-15,17,22-25,31,42H,7-9,16,18-21H2,1-6H3,(H2,38,39,44)/t23-,24+,25-,31+/m0/s1. The van der Waals surface area contributed by atoms with E-state index in [1.807, 2.05) is 39.6 Å². The number of carbonyl (C=O) groups excluding carboxylic acids is 2. The molecule has 4 atom stereocenters. The van der Waals surface area contributed by atoms with Crippen molar-refractivity contribution < 1.29 is 37.3 Å². The molecule has 0 aliphatic carbocycles. The first-order valence-electron chi connectivity index (χ1n) is 15.9. The smallest absolute Gasteiger partial charge is 0.416 e. The fraction of sp³-hybridized carbons (Fsp3) is 0.588. The molecule has 0 radical (unpaired) electrons. The van der Waals surface area contributed by atoms with Gasteiger partial charge in [0.05, 0.1) is 36.0 Å². The highest BCUT2D eigenvalue weighted by Gasteiger charge is 2.31. The van der Waals surface area contributed by atoms with Gasteiger partial charge in [0.2, 0.25) is 0 Å². The van der Waals surface area contributed by atoms with Gasteiger partial charge in [-0.15, -0.1) is 0 Å². The Morgan fingerprint density at radius 3 is 2.43 bits per heavy atom. The third-order valence-electron chi connectivity index (χ3n) is 7.95. The Morgan fingerprint density at radius 2 is 1.80 bits per heavy atom. The molecule has 3 N–H and O–H groups in total. The lowest BCUT2D eigenvalue weighted by Gasteiger charge is -2.36. The Labute approximate surface area is 270 Å². The summed E-state index contributed by atoms with van der Waals surface area (Å²) in [5.74, 6) is -0.119. The number of halogens is 3. The molecule has 1 aliphatic heterocycles. The number of aliphatic hydroxyl groups is 1. The van der Waals surface area contributed by atoms with E-state index in [9.17, 15) is 27.9 Å². The van der Waals surface area contributed by atoms with E-state index < -0.39 is 23.8 Å². The molecule has 1 heterocycles. The Hall–Kier alpha value is -3.35. The van der Waals surface area contributed by atoms with E-state index in [0.717, 1.165) is 37.0 Å². The zero-order chi connectivity index (χ0) is 34.0. The van der Waals surface area contributed by atoms with Gasteiger partial charge in [-0.2, -0.15) is 13.2 Å². The Morgan fingerprint density at radius 1 is 1.11 bits per heavy atom. The van der Waals surface area contributed by atoms with Crippen LogP contribution in [0.2, 0.25) is 0 Å². The average Bonchev–Trinajstić information content (AvgIpc) is 2.98. The maximum Gasteiger partial charge on any atom is 0.416 e. The molecule has 1 aliphatic rings. The number of alkyl halides is 3. The van der Waals surface area contributed by atoms with Gasteiger partial charge in [-0.1, -0.05) is 19.1 Å². The van der Waals surface area contributed by atoms with Crippen LogP contribution in [0.3, 0.4) is 0 Å². The number of hydrogen-bond donors (Lipinski definition) is 3. The largest absolute Gasteiger partial charge is 0.490 e. The fourth-order valence-corrected chi connectivity index (χ4v) is 5.37. The van der Waals surface area contributed by atoms with Crippen LogP contribution in [-0.2, 0) is 17.5 Å². The number of aliphatic hydroxyl groups excluding tert-OH is 1. The number of hydrogen-bond acceptors (Lipinski definition) is 6. The maximum atomic E-state index is 14.2. The van der Waals surface area contributed by atoms with Gasteiger partial charge in [0.25, 0.3) is 5.91 Å². The number of rotatable bonds is 8. The van der Waals surface area contributed by atoms with Crippen LogP contribution in [0.4, 0.5) is 23.7 Å². The summed E-state index contributed by atoms with van der Waals surface area (Å²) in [5, 5.41) is 15.7. The predicted molar refractivity (Wildman–Crippen MR) is 172 cm³/mol. The molecule has 256 valence electrons. The minimum Gasteiger partial charge on any atom is -0.490 e. The molecular weight excluding hydrogens is 601 g/mol. The van der Waals surface area contributed by atoms with Crippen LogP contribution in [0.25, 0.3) is 0 Å². The van der Waals surface area contributed by atoms with Crippen molar-refractivity contribution in [2.75, 3.05) is 38.7 Å². The third-order valence-corrected chi connectivity index (χ3v) is 7.95. The maximum absolute atomic E-state index is 14.2. The molecule has 46 heavy (non-hydrogen) atoms. The fourth-order valence-electron chi connectivity index (χ4n) is 5.37. The molecule has 3 rings (SSSR count). The monoisotopic (exact) mass is 650 g/mol. The molecule has 0 fully saturated rings. The number of likely N-dealkylation sites (N-methyl/N-ethyl adjacent to an activating group) is 1. The van der Waals surface area contributed by atoms with Crippen LogP contribution in [0, 0.1) is 5.92 Å². The van der Waals surface area contributed by atoms with E-state index in [4.69, 9.17) is 9.47 Å². The number of anilines is 1. The molecule has 0 aromatic heterocycles. The lowest BCUT2D eigenvalue weighted by atomic mass is 10.0. The second kappa shape index (κ2) is 17.0. The summed E-state index contributed by atoms with van der Waals surface area (Å²) in [6.45, 7) is 10.8. The highest BCUT2D eigenvalue weighted by Crippen LogP contribution is 2.30. The van der Waals surface area contributed by atoms with Gasteiger partial charge in [-0.25, -0.2) is 4.79 Å². The van der Waals surface area contributed by atoms with Gasteiger partial charge in [-0.3, -0.25) is 9.69 Å². The minimum atomic E-state index is -4.39. The highest BCUT2D eigenvalue weighted by atomic mass is 19.4. The summed E-state index contributed by atoms with van der Waals surface area (Å²) >= 11 is 0. The molecule has 2 aromatic carbocycles. The molecular formula is C34H49F3N4O5. The van der Waals surface area contributed by atoms with E-state index in [-0.39, 0.29) is 48.8 Å². The number of fused-ring (bicyclic) bond motifs is 1. The predicted octanol–water partition coefficient (Wildman–Crippen LogP) is 6.16. The zero-order valence-corrected chi connectivity index (χ0v) is 27.7. The summed E-state index contributed by atoms with van der Waals surface area (Å²) < 4.78 is 51.7. The number of amides is 3. The molecule has 3 amide bonds. The van der Waals surface area contributed by atoms with Crippen LogP contribution in [0.5, 0.6) is 5.75 Å². The van der Waals surface area contributed by atoms with E-state index >= 15 is 0 Å². The van der Waals surface area contributed by atoms with Crippen molar-refractivity contribution in [2.24, 2.45) is 5.92 Å². The Bertz CT molecular complexity index is 1270. The van der Waals surface area contributed by atoms with E-state index in [2.05, 4.69) is 10.6 Å². The average molecular weight is 651 g/mol. The second-order valence-corrected chi connectivity index (χ2v) is 12.7. The first-order chi connectivity index (χ1) is 21.7. The van der Waals surface area contributed by atoms with Crippen LogP contribution in [-0.4, -0.2) is 84.5 Å². The van der Waals surface area contributed by atoms with Gasteiger partial charge in [0.1, 0.15) is 5.75 Å². The minimum absolute atomic E-state index is 0.0744. The van der Waals surface area contributed by atoms with Crippen molar-refractivity contribution in [1.29, 1.82) is 0 Å².